The molecule has 0 saturated carbocycles. The molecule has 0 bridgehead atoms. The molecule has 422 valence electrons. The summed E-state index contributed by atoms with van der Waals surface area (Å²) in [5, 5.41) is 48.9. The number of hydrogen-bond donors (Lipinski definition) is 14. The van der Waals surface area contributed by atoms with E-state index in [9.17, 15) is 68.1 Å². The van der Waals surface area contributed by atoms with Crippen molar-refractivity contribution in [3.63, 3.8) is 0 Å². The number of aromatic nitrogens is 2. The predicted octanol–water partition coefficient (Wildman–Crippen LogP) is -1.28. The minimum Gasteiger partial charge on any atom is -0.481 e. The number of carbonyl (C=O) groups excluding carboxylic acids is 8. The number of carbonyl (C=O) groups is 11. The number of benzene rings is 1. The SMILES string of the molecule is CC(C)C[C@H](NC(=O)[C@H](Cc1ccccc1)NC(=O)[C@H](Cc1cnc[nH]1)NC(=O)[C@H](C)NC(=O)[C@H](CC(C)C)NC(=O)[C@H](CCC(=O)O)NC(=O)[C@H](CC(=O)O)NC(=O)[C@@H](NC(=O)[C@@H](N)CCCCN)C(C)C)C(=O)O. The lowest BCUT2D eigenvalue weighted by atomic mass is 10.0. The van der Waals surface area contributed by atoms with Crippen LogP contribution < -0.4 is 54.0 Å². The van der Waals surface area contributed by atoms with E-state index in [4.69, 9.17) is 11.5 Å². The van der Waals surface area contributed by atoms with Gasteiger partial charge in [-0.05, 0) is 68.9 Å². The number of nitrogens with one attached hydrogen (secondary N) is 9. The van der Waals surface area contributed by atoms with E-state index in [1.165, 1.54) is 19.4 Å². The molecule has 0 saturated heterocycles. The molecule has 0 aliphatic heterocycles. The zero-order valence-electron chi connectivity index (χ0n) is 44.2. The Kier molecular flexibility index (Phi) is 27.8. The van der Waals surface area contributed by atoms with Gasteiger partial charge in [-0.25, -0.2) is 9.78 Å². The maximum atomic E-state index is 14.1. The van der Waals surface area contributed by atoms with E-state index in [1.807, 2.05) is 0 Å². The summed E-state index contributed by atoms with van der Waals surface area (Å²) < 4.78 is 0. The van der Waals surface area contributed by atoms with Gasteiger partial charge in [0.15, 0.2) is 0 Å². The summed E-state index contributed by atoms with van der Waals surface area (Å²) >= 11 is 0. The Morgan fingerprint density at radius 3 is 1.61 bits per heavy atom. The largest absolute Gasteiger partial charge is 0.481 e. The Morgan fingerprint density at radius 1 is 0.553 bits per heavy atom. The first-order valence-electron chi connectivity index (χ1n) is 25.3. The third-order valence-electron chi connectivity index (χ3n) is 11.8. The van der Waals surface area contributed by atoms with E-state index in [-0.39, 0.29) is 43.9 Å². The van der Waals surface area contributed by atoms with Crippen molar-refractivity contribution < 1.29 is 68.1 Å². The van der Waals surface area contributed by atoms with Crippen molar-refractivity contribution in [2.24, 2.45) is 29.2 Å². The average Bonchev–Trinajstić information content (AvgIpc) is 3.86. The molecule has 16 N–H and O–H groups in total. The lowest BCUT2D eigenvalue weighted by Gasteiger charge is -2.28. The highest BCUT2D eigenvalue weighted by atomic mass is 16.4. The summed E-state index contributed by atoms with van der Waals surface area (Å²) in [6.07, 6.45) is 1.70. The number of imidazole rings is 1. The second-order valence-corrected chi connectivity index (χ2v) is 19.8. The first-order valence-corrected chi connectivity index (χ1v) is 25.3. The number of aliphatic carboxylic acids is 3. The van der Waals surface area contributed by atoms with Crippen molar-refractivity contribution in [1.29, 1.82) is 0 Å². The van der Waals surface area contributed by atoms with E-state index < -0.39 is 145 Å². The minimum absolute atomic E-state index is 0.0563. The van der Waals surface area contributed by atoms with E-state index >= 15 is 0 Å². The highest BCUT2D eigenvalue weighted by molar-refractivity contribution is 5.99. The third kappa shape index (κ3) is 23.8. The number of carboxylic acid groups (broad SMARTS) is 3. The Balaban J connectivity index is 2.35. The molecule has 8 amide bonds. The lowest BCUT2D eigenvalue weighted by Crippen LogP contribution is -2.61. The van der Waals surface area contributed by atoms with E-state index in [2.05, 4.69) is 52.5 Å². The summed E-state index contributed by atoms with van der Waals surface area (Å²) in [7, 11) is 0. The first kappa shape index (κ1) is 64.6. The van der Waals surface area contributed by atoms with Crippen LogP contribution in [0.3, 0.4) is 0 Å². The van der Waals surface area contributed by atoms with Gasteiger partial charge < -0.3 is 74.3 Å². The van der Waals surface area contributed by atoms with Crippen molar-refractivity contribution in [3.8, 4) is 0 Å². The van der Waals surface area contributed by atoms with E-state index in [0.29, 0.717) is 30.6 Å². The fraction of sp³-hybridized carbons (Fsp3) is 0.600. The smallest absolute Gasteiger partial charge is 0.326 e. The molecule has 0 fully saturated rings. The molecule has 76 heavy (non-hydrogen) atoms. The number of rotatable bonds is 35. The quantitative estimate of drug-likeness (QED) is 0.0358. The van der Waals surface area contributed by atoms with Gasteiger partial charge in [0, 0.05) is 31.2 Å². The van der Waals surface area contributed by atoms with E-state index in [1.54, 1.807) is 71.9 Å². The van der Waals surface area contributed by atoms with Crippen LogP contribution in [0.15, 0.2) is 42.9 Å². The lowest BCUT2D eigenvalue weighted by molar-refractivity contribution is -0.143. The topological polar surface area (TPSA) is 425 Å². The van der Waals surface area contributed by atoms with Crippen LogP contribution in [0.1, 0.15) is 111 Å². The number of amides is 8. The Labute approximate surface area is 441 Å². The summed E-state index contributed by atoms with van der Waals surface area (Å²) in [5.41, 5.74) is 12.5. The minimum atomic E-state index is -1.85. The van der Waals surface area contributed by atoms with Gasteiger partial charge in [0.05, 0.1) is 18.8 Å². The van der Waals surface area contributed by atoms with Crippen molar-refractivity contribution in [3.05, 3.63) is 54.1 Å². The van der Waals surface area contributed by atoms with Crippen LogP contribution in [0.5, 0.6) is 0 Å². The molecule has 2 rings (SSSR count). The number of H-pyrrole nitrogens is 1. The van der Waals surface area contributed by atoms with Gasteiger partial charge >= 0.3 is 17.9 Å². The number of nitrogens with zero attached hydrogens (tertiary/aromatic N) is 1. The van der Waals surface area contributed by atoms with Crippen LogP contribution in [0, 0.1) is 17.8 Å². The number of carboxylic acids is 3. The zero-order valence-corrected chi connectivity index (χ0v) is 44.2. The summed E-state index contributed by atoms with van der Waals surface area (Å²) in [6, 6.07) is -4.05. The van der Waals surface area contributed by atoms with Crippen molar-refractivity contribution in [1.82, 2.24) is 52.5 Å². The molecule has 0 radical (unpaired) electrons. The summed E-state index contributed by atoms with van der Waals surface area (Å²) in [6.45, 7) is 11.8. The third-order valence-corrected chi connectivity index (χ3v) is 11.8. The highest BCUT2D eigenvalue weighted by Gasteiger charge is 2.36. The van der Waals surface area contributed by atoms with Gasteiger partial charge in [0.2, 0.25) is 47.3 Å². The molecule has 0 unspecified atom stereocenters. The second-order valence-electron chi connectivity index (χ2n) is 19.8. The fourth-order valence-electron chi connectivity index (χ4n) is 7.66. The second kappa shape index (κ2) is 32.7. The van der Waals surface area contributed by atoms with Crippen molar-refractivity contribution >= 4 is 65.2 Å². The Morgan fingerprint density at radius 2 is 1.07 bits per heavy atom. The molecule has 0 aliphatic rings. The molecule has 9 atom stereocenters. The van der Waals surface area contributed by atoms with Crippen LogP contribution in [0.25, 0.3) is 0 Å². The highest BCUT2D eigenvalue weighted by Crippen LogP contribution is 2.12. The van der Waals surface area contributed by atoms with Crippen LogP contribution >= 0.6 is 0 Å². The number of hydrogen-bond acceptors (Lipinski definition) is 14. The Bertz CT molecular complexity index is 2260. The first-order chi connectivity index (χ1) is 35.7. The van der Waals surface area contributed by atoms with Crippen LogP contribution in [0.2, 0.25) is 0 Å². The maximum absolute atomic E-state index is 14.1. The molecule has 0 spiro atoms. The van der Waals surface area contributed by atoms with Gasteiger partial charge in [-0.3, -0.25) is 47.9 Å². The molecule has 1 aromatic heterocycles. The summed E-state index contributed by atoms with van der Waals surface area (Å²) in [5.74, 6) is -12.5. The predicted molar refractivity (Wildman–Crippen MR) is 275 cm³/mol. The number of nitrogens with two attached hydrogens (primary N) is 2. The van der Waals surface area contributed by atoms with Gasteiger partial charge in [-0.15, -0.1) is 0 Å². The molecule has 2 aromatic rings. The van der Waals surface area contributed by atoms with E-state index in [0.717, 1.165) is 0 Å². The number of unbranched alkanes of at least 4 members (excludes halogenated alkanes) is 1. The van der Waals surface area contributed by atoms with Crippen molar-refractivity contribution in [2.75, 3.05) is 6.54 Å². The van der Waals surface area contributed by atoms with Crippen molar-refractivity contribution in [2.45, 2.75) is 167 Å². The molecule has 1 heterocycles. The molecule has 0 aliphatic carbocycles. The molecule has 1 aromatic carbocycles. The molecular formula is C50H78N12O14. The Hall–Kier alpha value is -7.48. The standard InChI is InChI=1S/C50H78N12O14/c1-26(2)19-34(58-44(69)33(16-17-39(63)64)56-48(73)37(23-40(65)66)60-49(74)41(28(5)6)62-43(68)32(52)15-11-12-18-51)45(70)55-29(7)42(67)57-36(22-31-24-53-25-54-31)47(72)59-35(21-30-13-9-8-10-14-30)46(71)61-38(50(75)76)20-27(3)4/h8-10,13-14,24-29,32-38,41H,11-12,15-23,51-52H2,1-7H3,(H,53,54)(H,55,70)(H,56,73)(H,57,67)(H,58,69)(H,59,72)(H,60,74)(H,61,71)(H,62,68)(H,63,64)(H,65,66)(H,75,76)/t29-,32-,33-,34-,35-,36-,37-,38-,41-/m0/s1. The number of aromatic amines is 1. The molecule has 26 heteroatoms. The van der Waals surface area contributed by atoms with Gasteiger partial charge in [0.25, 0.3) is 0 Å². The molecule has 26 nitrogen and oxygen atoms in total. The van der Waals surface area contributed by atoms with Crippen LogP contribution in [-0.4, -0.2) is 151 Å². The normalized spacial score (nSPS) is 14.8. The van der Waals surface area contributed by atoms with Gasteiger partial charge in [0.1, 0.15) is 48.3 Å². The van der Waals surface area contributed by atoms with Crippen LogP contribution in [0.4, 0.5) is 0 Å². The monoisotopic (exact) mass is 1070 g/mol. The van der Waals surface area contributed by atoms with Gasteiger partial charge in [-0.2, -0.15) is 0 Å². The summed E-state index contributed by atoms with van der Waals surface area (Å²) in [4.78, 5) is 152. The molecular weight excluding hydrogens is 993 g/mol. The van der Waals surface area contributed by atoms with Crippen LogP contribution in [-0.2, 0) is 65.6 Å². The average molecular weight is 1070 g/mol. The fourth-order valence-corrected chi connectivity index (χ4v) is 7.66. The van der Waals surface area contributed by atoms with Gasteiger partial charge in [-0.1, -0.05) is 78.3 Å². The zero-order chi connectivity index (χ0) is 57.2. The maximum Gasteiger partial charge on any atom is 0.326 e.